The van der Waals surface area contributed by atoms with Gasteiger partial charge in [0.25, 0.3) is 21.8 Å². The minimum absolute atomic E-state index is 0.0185. The van der Waals surface area contributed by atoms with Gasteiger partial charge < -0.3 is 5.11 Å². The number of hydrazone groups is 1. The van der Waals surface area contributed by atoms with Gasteiger partial charge in [-0.2, -0.15) is 20.3 Å². The van der Waals surface area contributed by atoms with Crippen LogP contribution in [0.5, 0.6) is 0 Å². The van der Waals surface area contributed by atoms with Crippen LogP contribution in [0, 0.1) is 0 Å². The highest BCUT2D eigenvalue weighted by Crippen LogP contribution is 2.23. The molecule has 2 heterocycles. The van der Waals surface area contributed by atoms with Crippen LogP contribution in [0.4, 0.5) is 10.8 Å². The monoisotopic (exact) mass is 533 g/mol. The van der Waals surface area contributed by atoms with E-state index in [1.165, 1.54) is 48.5 Å². The minimum Gasteiger partial charge on any atom is -0.389 e. The molecule has 3 aromatic rings. The number of aliphatic hydroxyl groups excluding tert-OH is 1. The summed E-state index contributed by atoms with van der Waals surface area (Å²) in [7, 11) is -3.94. The number of carbonyl (C=O) groups excluding carboxylic acids is 2. The van der Waals surface area contributed by atoms with Crippen molar-refractivity contribution in [3.63, 3.8) is 0 Å². The van der Waals surface area contributed by atoms with E-state index < -0.39 is 27.9 Å². The third-order valence-electron chi connectivity index (χ3n) is 4.64. The summed E-state index contributed by atoms with van der Waals surface area (Å²) in [5.74, 6) is -1.28. The van der Waals surface area contributed by atoms with Crippen molar-refractivity contribution in [1.82, 2.24) is 15.2 Å². The molecule has 0 fully saturated rings. The third-order valence-corrected chi connectivity index (χ3v) is 7.20. The van der Waals surface area contributed by atoms with Crippen LogP contribution in [0.15, 0.2) is 68.8 Å². The van der Waals surface area contributed by atoms with Crippen LogP contribution in [0.1, 0.15) is 22.3 Å². The van der Waals surface area contributed by atoms with Crippen molar-refractivity contribution in [1.29, 1.82) is 0 Å². The number of halogens is 1. The number of carbonyl (C=O) groups is 2. The lowest BCUT2D eigenvalue weighted by molar-refractivity contribution is -0.127. The molecule has 0 spiro atoms. The highest BCUT2D eigenvalue weighted by molar-refractivity contribution is 7.93. The van der Waals surface area contributed by atoms with Crippen molar-refractivity contribution in [2.24, 2.45) is 15.3 Å². The van der Waals surface area contributed by atoms with E-state index in [4.69, 9.17) is 16.7 Å². The van der Waals surface area contributed by atoms with Crippen LogP contribution in [0.3, 0.4) is 0 Å². The van der Waals surface area contributed by atoms with Crippen LogP contribution in [0.25, 0.3) is 0 Å². The van der Waals surface area contributed by atoms with E-state index in [1.54, 1.807) is 6.92 Å². The van der Waals surface area contributed by atoms with Gasteiger partial charge in [0.15, 0.2) is 6.04 Å². The number of sulfonamides is 1. The molecule has 2 amide bonds. The van der Waals surface area contributed by atoms with Crippen LogP contribution in [-0.4, -0.2) is 52.3 Å². The number of aromatic nitrogens is 2. The molecule has 15 heteroatoms. The fraction of sp³-hybridized carbons (Fsp3) is 0.150. The zero-order chi connectivity index (χ0) is 25.2. The number of anilines is 1. The van der Waals surface area contributed by atoms with E-state index >= 15 is 0 Å². The van der Waals surface area contributed by atoms with Crippen molar-refractivity contribution in [2.45, 2.75) is 24.5 Å². The van der Waals surface area contributed by atoms with Crippen molar-refractivity contribution in [3.8, 4) is 0 Å². The molecular formula is C20H16ClN7O5S2. The summed E-state index contributed by atoms with van der Waals surface area (Å²) >= 11 is 6.74. The second-order valence-corrected chi connectivity index (χ2v) is 10.3. The Balaban J connectivity index is 1.44. The van der Waals surface area contributed by atoms with Crippen LogP contribution >= 0.6 is 22.9 Å². The number of aliphatic hydroxyl groups is 1. The number of hydrogen-bond donors (Lipinski definition) is 2. The number of azo groups is 1. The Morgan fingerprint density at radius 3 is 2.49 bits per heavy atom. The van der Waals surface area contributed by atoms with E-state index in [0.29, 0.717) is 5.02 Å². The molecule has 1 atom stereocenters. The van der Waals surface area contributed by atoms with Crippen molar-refractivity contribution >= 4 is 61.3 Å². The van der Waals surface area contributed by atoms with Crippen LogP contribution < -0.4 is 4.72 Å². The van der Waals surface area contributed by atoms with E-state index in [0.717, 1.165) is 16.3 Å². The number of benzene rings is 2. The average molecular weight is 534 g/mol. The van der Waals surface area contributed by atoms with Crippen molar-refractivity contribution in [3.05, 3.63) is 64.1 Å². The fourth-order valence-corrected chi connectivity index (χ4v) is 4.85. The molecular weight excluding hydrogens is 518 g/mol. The number of hydrogen-bond acceptors (Lipinski definition) is 11. The van der Waals surface area contributed by atoms with Crippen LogP contribution in [0.2, 0.25) is 5.02 Å². The maximum Gasteiger partial charge on any atom is 0.282 e. The lowest BCUT2D eigenvalue weighted by atomic mass is 10.2. The van der Waals surface area contributed by atoms with Gasteiger partial charge in [-0.25, -0.2) is 8.42 Å². The third kappa shape index (κ3) is 5.40. The Morgan fingerprint density at radius 2 is 1.86 bits per heavy atom. The maximum atomic E-state index is 12.7. The molecule has 0 saturated heterocycles. The first kappa shape index (κ1) is 24.5. The summed E-state index contributed by atoms with van der Waals surface area (Å²) in [6.45, 7) is 1.20. The second kappa shape index (κ2) is 9.95. The first-order valence-corrected chi connectivity index (χ1v) is 12.5. The zero-order valence-electron chi connectivity index (χ0n) is 17.9. The molecule has 35 heavy (non-hydrogen) atoms. The Labute approximate surface area is 208 Å². The highest BCUT2D eigenvalue weighted by Gasteiger charge is 2.38. The number of amides is 2. The summed E-state index contributed by atoms with van der Waals surface area (Å²) in [4.78, 5) is 25.3. The molecule has 0 saturated carbocycles. The smallest absolute Gasteiger partial charge is 0.282 e. The SMILES string of the molecule is CC1=NN(C(=O)c2ccc(Cl)cc2)C(=O)C1/N=N/c1ccc(S(=O)(=O)Nc2nnc(CO)s2)cc1. The lowest BCUT2D eigenvalue weighted by Gasteiger charge is -2.10. The van der Waals surface area contributed by atoms with Gasteiger partial charge in [0.1, 0.15) is 5.01 Å². The summed E-state index contributed by atoms with van der Waals surface area (Å²) in [5, 5.41) is 29.8. The molecule has 12 nitrogen and oxygen atoms in total. The molecule has 0 aliphatic carbocycles. The molecule has 1 unspecified atom stereocenters. The van der Waals surface area contributed by atoms with E-state index in [-0.39, 0.29) is 38.6 Å². The average Bonchev–Trinajstić information content (AvgIpc) is 3.41. The zero-order valence-corrected chi connectivity index (χ0v) is 20.3. The summed E-state index contributed by atoms with van der Waals surface area (Å²) in [5.41, 5.74) is 0.803. The van der Waals surface area contributed by atoms with Crippen LogP contribution in [-0.2, 0) is 21.4 Å². The molecule has 2 aromatic carbocycles. The molecule has 0 bridgehead atoms. The van der Waals surface area contributed by atoms with Gasteiger partial charge in [0, 0.05) is 10.6 Å². The van der Waals surface area contributed by atoms with Gasteiger partial charge in [-0.15, -0.1) is 10.2 Å². The number of imide groups is 1. The molecule has 180 valence electrons. The van der Waals surface area contributed by atoms with E-state index in [9.17, 15) is 18.0 Å². The van der Waals surface area contributed by atoms with E-state index in [2.05, 4.69) is 30.2 Å². The predicted octanol–water partition coefficient (Wildman–Crippen LogP) is 3.00. The topological polar surface area (TPSA) is 167 Å². The summed E-state index contributed by atoms with van der Waals surface area (Å²) in [6, 6.07) is 10.4. The fourth-order valence-electron chi connectivity index (χ4n) is 2.90. The largest absolute Gasteiger partial charge is 0.389 e. The van der Waals surface area contributed by atoms with Gasteiger partial charge in [-0.05, 0) is 55.5 Å². The molecule has 1 aliphatic heterocycles. The van der Waals surface area contributed by atoms with E-state index in [1.807, 2.05) is 0 Å². The van der Waals surface area contributed by atoms with Gasteiger partial charge >= 0.3 is 0 Å². The Bertz CT molecular complexity index is 1440. The molecule has 4 rings (SSSR count). The maximum absolute atomic E-state index is 12.7. The van der Waals surface area contributed by atoms with Crippen molar-refractivity contribution < 1.29 is 23.1 Å². The Hall–Kier alpha value is -3.59. The van der Waals surface area contributed by atoms with Gasteiger partial charge in [0.05, 0.1) is 22.9 Å². The standard InChI is InChI=1S/C20H16ClN7O5S2/c1-11-17(19(31)28(26-11)18(30)12-2-4-13(21)5-3-12)24-22-14-6-8-15(9-7-14)35(32,33)27-20-25-23-16(10-29)34-20/h2-9,17,29H,10H2,1H3,(H,25,27)/b24-22+. The second-order valence-electron chi connectivity index (χ2n) is 7.08. The first-order valence-electron chi connectivity index (χ1n) is 9.84. The summed E-state index contributed by atoms with van der Waals surface area (Å²) < 4.78 is 27.3. The minimum atomic E-state index is -3.94. The Morgan fingerprint density at radius 1 is 1.17 bits per heavy atom. The first-order chi connectivity index (χ1) is 16.7. The highest BCUT2D eigenvalue weighted by atomic mass is 35.5. The number of nitrogens with one attached hydrogen (secondary N) is 1. The molecule has 1 aliphatic rings. The molecule has 2 N–H and O–H groups in total. The summed E-state index contributed by atoms with van der Waals surface area (Å²) in [6.07, 6.45) is 0. The lowest BCUT2D eigenvalue weighted by Crippen LogP contribution is -2.34. The Kier molecular flexibility index (Phi) is 6.98. The quantitative estimate of drug-likeness (QED) is 0.347. The predicted molar refractivity (Wildman–Crippen MR) is 127 cm³/mol. The molecule has 1 aromatic heterocycles. The number of nitrogens with zero attached hydrogens (tertiary/aromatic N) is 6. The molecule has 0 radical (unpaired) electrons. The van der Waals surface area contributed by atoms with Gasteiger partial charge in [0.2, 0.25) is 5.13 Å². The number of rotatable bonds is 7. The van der Waals surface area contributed by atoms with Crippen molar-refractivity contribution in [2.75, 3.05) is 4.72 Å². The van der Waals surface area contributed by atoms with Gasteiger partial charge in [-0.3, -0.25) is 14.3 Å². The normalized spacial score (nSPS) is 16.1. The van der Waals surface area contributed by atoms with Gasteiger partial charge in [-0.1, -0.05) is 22.9 Å².